The summed E-state index contributed by atoms with van der Waals surface area (Å²) in [6.45, 7) is 0.117. The fourth-order valence-corrected chi connectivity index (χ4v) is 4.86. The van der Waals surface area contributed by atoms with Crippen molar-refractivity contribution in [3.05, 3.63) is 99.5 Å². The quantitative estimate of drug-likeness (QED) is 0.317. The van der Waals surface area contributed by atoms with E-state index in [1.54, 1.807) is 29.2 Å². The van der Waals surface area contributed by atoms with Gasteiger partial charge in [0.1, 0.15) is 11.8 Å². The third-order valence-electron chi connectivity index (χ3n) is 6.41. The number of rotatable bonds is 10. The van der Waals surface area contributed by atoms with Crippen LogP contribution in [0.2, 0.25) is 5.02 Å². The molecule has 1 aliphatic carbocycles. The molecule has 1 N–H and O–H groups in total. The third kappa shape index (κ3) is 7.58. The Morgan fingerprint density at radius 1 is 0.944 bits per heavy atom. The Balaban J connectivity index is 1.59. The number of amides is 2. The van der Waals surface area contributed by atoms with Crippen LogP contribution in [0.4, 0.5) is 0 Å². The van der Waals surface area contributed by atoms with Gasteiger partial charge in [-0.2, -0.15) is 0 Å². The first kappa shape index (κ1) is 26.2. The number of hydrogen-bond acceptors (Lipinski definition) is 3. The minimum absolute atomic E-state index is 0.122. The van der Waals surface area contributed by atoms with Gasteiger partial charge >= 0.3 is 0 Å². The highest BCUT2D eigenvalue weighted by Gasteiger charge is 2.32. The van der Waals surface area contributed by atoms with Crippen LogP contribution >= 0.6 is 27.5 Å². The molecule has 188 valence electrons. The van der Waals surface area contributed by atoms with Gasteiger partial charge in [0.15, 0.2) is 6.61 Å². The highest BCUT2D eigenvalue weighted by atomic mass is 79.9. The van der Waals surface area contributed by atoms with E-state index in [2.05, 4.69) is 21.2 Å². The molecular formula is C29H30BrClN2O3. The van der Waals surface area contributed by atoms with Crippen LogP contribution < -0.4 is 10.1 Å². The summed E-state index contributed by atoms with van der Waals surface area (Å²) >= 11 is 9.44. The largest absolute Gasteiger partial charge is 0.484 e. The Kier molecular flexibility index (Phi) is 9.42. The molecule has 0 heterocycles. The lowest BCUT2D eigenvalue weighted by molar-refractivity contribution is -0.143. The predicted molar refractivity (Wildman–Crippen MR) is 146 cm³/mol. The molecule has 0 radical (unpaired) electrons. The van der Waals surface area contributed by atoms with Crippen LogP contribution in [-0.2, 0) is 22.6 Å². The molecule has 3 aromatic rings. The third-order valence-corrected chi connectivity index (χ3v) is 7.20. The summed E-state index contributed by atoms with van der Waals surface area (Å²) in [5.41, 5.74) is 1.93. The molecule has 4 rings (SSSR count). The summed E-state index contributed by atoms with van der Waals surface area (Å²) in [6, 6.07) is 24.0. The number of nitrogens with one attached hydrogen (secondary N) is 1. The molecule has 0 bridgehead atoms. The van der Waals surface area contributed by atoms with Gasteiger partial charge in [-0.05, 0) is 60.4 Å². The number of hydrogen-bond donors (Lipinski definition) is 1. The van der Waals surface area contributed by atoms with Crippen molar-refractivity contribution in [3.63, 3.8) is 0 Å². The van der Waals surface area contributed by atoms with Crippen LogP contribution in [0.25, 0.3) is 0 Å². The van der Waals surface area contributed by atoms with E-state index < -0.39 is 6.04 Å². The average Bonchev–Trinajstić information content (AvgIpc) is 3.40. The van der Waals surface area contributed by atoms with Gasteiger partial charge in [-0.1, -0.05) is 82.8 Å². The first-order valence-corrected chi connectivity index (χ1v) is 13.4. The van der Waals surface area contributed by atoms with E-state index in [4.69, 9.17) is 16.3 Å². The number of carbonyl (C=O) groups excluding carboxylic acids is 2. The molecule has 3 aromatic carbocycles. The fourth-order valence-electron chi connectivity index (χ4n) is 4.47. The molecule has 2 amide bonds. The summed E-state index contributed by atoms with van der Waals surface area (Å²) < 4.78 is 6.74. The van der Waals surface area contributed by atoms with Crippen LogP contribution in [0, 0.1) is 0 Å². The van der Waals surface area contributed by atoms with Crippen molar-refractivity contribution in [2.24, 2.45) is 0 Å². The number of benzene rings is 3. The smallest absolute Gasteiger partial charge is 0.261 e. The summed E-state index contributed by atoms with van der Waals surface area (Å²) in [5, 5.41) is 3.81. The van der Waals surface area contributed by atoms with Crippen LogP contribution in [0.5, 0.6) is 5.75 Å². The Morgan fingerprint density at radius 2 is 1.61 bits per heavy atom. The summed E-state index contributed by atoms with van der Waals surface area (Å²) in [4.78, 5) is 28.9. The zero-order chi connectivity index (χ0) is 25.3. The minimum atomic E-state index is -0.669. The highest BCUT2D eigenvalue weighted by Crippen LogP contribution is 2.21. The van der Waals surface area contributed by atoms with E-state index in [0.29, 0.717) is 23.7 Å². The molecule has 36 heavy (non-hydrogen) atoms. The first-order chi connectivity index (χ1) is 17.5. The van der Waals surface area contributed by atoms with Crippen molar-refractivity contribution in [1.29, 1.82) is 0 Å². The molecular weight excluding hydrogens is 540 g/mol. The molecule has 1 saturated carbocycles. The zero-order valence-corrected chi connectivity index (χ0v) is 22.4. The van der Waals surface area contributed by atoms with Gasteiger partial charge in [0.05, 0.1) is 0 Å². The first-order valence-electron chi connectivity index (χ1n) is 12.2. The Bertz CT molecular complexity index is 1130. The molecule has 1 fully saturated rings. The molecule has 1 atom stereocenters. The molecule has 0 aliphatic heterocycles. The molecule has 0 aromatic heterocycles. The van der Waals surface area contributed by atoms with Gasteiger partial charge in [0.25, 0.3) is 5.91 Å². The molecule has 5 nitrogen and oxygen atoms in total. The van der Waals surface area contributed by atoms with Crippen molar-refractivity contribution in [1.82, 2.24) is 10.2 Å². The summed E-state index contributed by atoms with van der Waals surface area (Å²) in [7, 11) is 0. The monoisotopic (exact) mass is 568 g/mol. The van der Waals surface area contributed by atoms with Crippen molar-refractivity contribution >= 4 is 39.3 Å². The van der Waals surface area contributed by atoms with Crippen molar-refractivity contribution < 1.29 is 14.3 Å². The minimum Gasteiger partial charge on any atom is -0.484 e. The molecule has 0 saturated heterocycles. The van der Waals surface area contributed by atoms with E-state index in [1.165, 1.54) is 0 Å². The van der Waals surface area contributed by atoms with Crippen LogP contribution in [-0.4, -0.2) is 35.4 Å². The predicted octanol–water partition coefficient (Wildman–Crippen LogP) is 6.18. The van der Waals surface area contributed by atoms with E-state index in [1.807, 2.05) is 54.6 Å². The normalized spacial score (nSPS) is 14.3. The van der Waals surface area contributed by atoms with Crippen LogP contribution in [0.15, 0.2) is 83.3 Å². The number of carbonyl (C=O) groups is 2. The van der Waals surface area contributed by atoms with E-state index in [-0.39, 0.29) is 24.5 Å². The Hall–Kier alpha value is -2.83. The van der Waals surface area contributed by atoms with Gasteiger partial charge in [0.2, 0.25) is 5.91 Å². The van der Waals surface area contributed by atoms with E-state index >= 15 is 0 Å². The molecule has 7 heteroatoms. The summed E-state index contributed by atoms with van der Waals surface area (Å²) in [6.07, 6.45) is 4.60. The van der Waals surface area contributed by atoms with Crippen LogP contribution in [0.1, 0.15) is 36.8 Å². The van der Waals surface area contributed by atoms with Gasteiger partial charge in [-0.3, -0.25) is 9.59 Å². The van der Waals surface area contributed by atoms with Gasteiger partial charge < -0.3 is 15.0 Å². The average molecular weight is 570 g/mol. The second-order valence-electron chi connectivity index (χ2n) is 9.09. The second-order valence-corrected chi connectivity index (χ2v) is 10.4. The SMILES string of the molecule is O=C(NC1CCCC1)[C@H](Cc1ccccc1)N(Cc1ccc(Br)cc1)C(=O)COc1ccc(Cl)cc1. The summed E-state index contributed by atoms with van der Waals surface area (Å²) in [5.74, 6) is 0.171. The van der Waals surface area contributed by atoms with E-state index in [0.717, 1.165) is 41.3 Å². The van der Waals surface area contributed by atoms with Crippen LogP contribution in [0.3, 0.4) is 0 Å². The Labute approximate surface area is 225 Å². The lowest BCUT2D eigenvalue weighted by Crippen LogP contribution is -2.53. The second kappa shape index (κ2) is 12.9. The molecule has 0 unspecified atom stereocenters. The van der Waals surface area contributed by atoms with Crippen molar-refractivity contribution in [3.8, 4) is 5.75 Å². The van der Waals surface area contributed by atoms with Gasteiger partial charge in [-0.15, -0.1) is 0 Å². The fraction of sp³-hybridized carbons (Fsp3) is 0.310. The standard InChI is InChI=1S/C29H30BrClN2O3/c30-23-12-10-22(11-13-23)19-33(28(34)20-36-26-16-14-24(31)15-17-26)27(18-21-6-2-1-3-7-21)29(35)32-25-8-4-5-9-25/h1-3,6-7,10-17,25,27H,4-5,8-9,18-20H2,(H,32,35)/t27-/m0/s1. The van der Waals surface area contributed by atoms with Gasteiger partial charge in [-0.25, -0.2) is 0 Å². The number of halogens is 2. The zero-order valence-electron chi connectivity index (χ0n) is 20.0. The maximum absolute atomic E-state index is 13.6. The van der Waals surface area contributed by atoms with Gasteiger partial charge in [0, 0.05) is 28.5 Å². The topological polar surface area (TPSA) is 58.6 Å². The molecule has 1 aliphatic rings. The highest BCUT2D eigenvalue weighted by molar-refractivity contribution is 9.10. The van der Waals surface area contributed by atoms with Crippen molar-refractivity contribution in [2.75, 3.05) is 6.61 Å². The van der Waals surface area contributed by atoms with Crippen molar-refractivity contribution in [2.45, 2.75) is 50.7 Å². The van der Waals surface area contributed by atoms with E-state index in [9.17, 15) is 9.59 Å². The maximum Gasteiger partial charge on any atom is 0.261 e. The number of ether oxygens (including phenoxy) is 1. The molecule has 0 spiro atoms. The number of nitrogens with zero attached hydrogens (tertiary/aromatic N) is 1. The maximum atomic E-state index is 13.6. The lowest BCUT2D eigenvalue weighted by atomic mass is 10.0. The Morgan fingerprint density at radius 3 is 2.28 bits per heavy atom. The lowest BCUT2D eigenvalue weighted by Gasteiger charge is -2.32.